The molecule has 0 heterocycles. The number of nitrogens with one attached hydrogen (secondary N) is 1. The van der Waals surface area contributed by atoms with Gasteiger partial charge in [0.15, 0.2) is 0 Å². The van der Waals surface area contributed by atoms with E-state index in [4.69, 9.17) is 23.2 Å². The Bertz CT molecular complexity index is 1140. The van der Waals surface area contributed by atoms with E-state index in [0.717, 1.165) is 17.4 Å². The van der Waals surface area contributed by atoms with Crippen LogP contribution in [0.3, 0.4) is 0 Å². The zero-order valence-electron chi connectivity index (χ0n) is 20.6. The molecule has 1 N–H and O–H groups in total. The zero-order chi connectivity index (χ0) is 26.2. The Labute approximate surface area is 218 Å². The maximum absolute atomic E-state index is 13.4. The van der Waals surface area contributed by atoms with E-state index in [1.165, 1.54) is 9.21 Å². The molecule has 0 aromatic heterocycles. The fraction of sp³-hybridized carbons (Fsp3) is 0.440. The van der Waals surface area contributed by atoms with Crippen molar-refractivity contribution in [2.75, 3.05) is 23.7 Å². The first kappa shape index (κ1) is 28.9. The van der Waals surface area contributed by atoms with Crippen LogP contribution in [0.1, 0.15) is 44.2 Å². The normalized spacial score (nSPS) is 12.2. The summed E-state index contributed by atoms with van der Waals surface area (Å²) in [4.78, 5) is 27.6. The number of amides is 2. The third kappa shape index (κ3) is 8.12. The van der Waals surface area contributed by atoms with Crippen molar-refractivity contribution in [1.29, 1.82) is 0 Å². The third-order valence-electron chi connectivity index (χ3n) is 5.61. The first-order chi connectivity index (χ1) is 16.5. The van der Waals surface area contributed by atoms with E-state index in [1.807, 2.05) is 32.9 Å². The number of carbonyl (C=O) groups excluding carboxylic acids is 2. The van der Waals surface area contributed by atoms with Crippen LogP contribution in [-0.4, -0.2) is 50.5 Å². The molecule has 0 spiro atoms. The predicted octanol–water partition coefficient (Wildman–Crippen LogP) is 4.79. The van der Waals surface area contributed by atoms with Crippen LogP contribution in [0, 0.1) is 6.92 Å². The second-order valence-electron chi connectivity index (χ2n) is 8.31. The van der Waals surface area contributed by atoms with Gasteiger partial charge < -0.3 is 10.2 Å². The summed E-state index contributed by atoms with van der Waals surface area (Å²) in [5.74, 6) is -0.478. The van der Waals surface area contributed by atoms with Crippen molar-refractivity contribution in [3.05, 3.63) is 63.6 Å². The smallest absolute Gasteiger partial charge is 0.242 e. The molecule has 7 nitrogen and oxygen atoms in total. The van der Waals surface area contributed by atoms with Crippen LogP contribution in [-0.2, 0) is 26.2 Å². The number of likely N-dealkylation sites (N-methyl/N-ethyl adjacent to an activating group) is 1. The van der Waals surface area contributed by atoms with Crippen molar-refractivity contribution in [2.45, 2.75) is 52.6 Å². The Morgan fingerprint density at radius 1 is 1.06 bits per heavy atom. The summed E-state index contributed by atoms with van der Waals surface area (Å²) >= 11 is 12.2. The van der Waals surface area contributed by atoms with Crippen molar-refractivity contribution >= 4 is 50.7 Å². The van der Waals surface area contributed by atoms with Gasteiger partial charge in [-0.25, -0.2) is 8.42 Å². The predicted molar refractivity (Wildman–Crippen MR) is 142 cm³/mol. The molecule has 0 saturated heterocycles. The lowest BCUT2D eigenvalue weighted by molar-refractivity contribution is -0.141. The summed E-state index contributed by atoms with van der Waals surface area (Å²) in [6, 6.07) is 11.6. The second-order valence-corrected chi connectivity index (χ2v) is 11.0. The Balaban J connectivity index is 2.24. The molecule has 2 aromatic rings. The minimum atomic E-state index is -3.54. The Morgan fingerprint density at radius 3 is 2.31 bits per heavy atom. The van der Waals surface area contributed by atoms with Gasteiger partial charge in [-0.15, -0.1) is 0 Å². The van der Waals surface area contributed by atoms with Gasteiger partial charge in [0, 0.05) is 26.1 Å². The van der Waals surface area contributed by atoms with Crippen LogP contribution in [0.2, 0.25) is 10.0 Å². The molecule has 35 heavy (non-hydrogen) atoms. The Hall–Kier alpha value is -2.29. The lowest BCUT2D eigenvalue weighted by atomic mass is 10.1. The number of benzene rings is 2. The van der Waals surface area contributed by atoms with E-state index in [-0.39, 0.29) is 31.3 Å². The van der Waals surface area contributed by atoms with Gasteiger partial charge in [0.1, 0.15) is 6.04 Å². The summed E-state index contributed by atoms with van der Waals surface area (Å²) in [5, 5.41) is 3.56. The largest absolute Gasteiger partial charge is 0.355 e. The fourth-order valence-corrected chi connectivity index (χ4v) is 5.22. The molecule has 0 aliphatic heterocycles. The van der Waals surface area contributed by atoms with Crippen LogP contribution in [0.4, 0.5) is 5.69 Å². The number of sulfonamides is 1. The molecule has 0 unspecified atom stereocenters. The fourth-order valence-electron chi connectivity index (χ4n) is 3.87. The number of nitrogens with zero attached hydrogens (tertiary/aromatic N) is 2. The highest BCUT2D eigenvalue weighted by Gasteiger charge is 2.28. The molecule has 0 aliphatic rings. The number of rotatable bonds is 12. The van der Waals surface area contributed by atoms with Gasteiger partial charge in [-0.1, -0.05) is 54.4 Å². The van der Waals surface area contributed by atoms with Crippen LogP contribution in [0.25, 0.3) is 0 Å². The first-order valence-electron chi connectivity index (χ1n) is 11.5. The molecule has 1 atom stereocenters. The second kappa shape index (κ2) is 13.1. The average Bonchev–Trinajstić information content (AvgIpc) is 2.79. The molecular formula is C25H33Cl2N3O4S. The number of hydrogen-bond acceptors (Lipinski definition) is 4. The number of halogens is 2. The summed E-state index contributed by atoms with van der Waals surface area (Å²) in [7, 11) is -3.54. The SMILES string of the molecule is CCNC(=O)[C@H](CC)N(Cc1ccc(Cl)c(Cl)c1)C(=O)CCCN(c1ccccc1C)S(C)(=O)=O. The molecule has 2 rings (SSSR count). The summed E-state index contributed by atoms with van der Waals surface area (Å²) < 4.78 is 26.2. The number of anilines is 1. The van der Waals surface area contributed by atoms with Crippen molar-refractivity contribution < 1.29 is 18.0 Å². The third-order valence-corrected chi connectivity index (χ3v) is 7.53. The van der Waals surface area contributed by atoms with Crippen molar-refractivity contribution in [3.8, 4) is 0 Å². The first-order valence-corrected chi connectivity index (χ1v) is 14.1. The van der Waals surface area contributed by atoms with E-state index in [9.17, 15) is 18.0 Å². The summed E-state index contributed by atoms with van der Waals surface area (Å²) in [6.07, 6.45) is 1.96. The summed E-state index contributed by atoms with van der Waals surface area (Å²) in [5.41, 5.74) is 2.16. The van der Waals surface area contributed by atoms with E-state index in [2.05, 4.69) is 5.32 Å². The van der Waals surface area contributed by atoms with Gasteiger partial charge in [-0.05, 0) is 56.0 Å². The van der Waals surface area contributed by atoms with Crippen LogP contribution < -0.4 is 9.62 Å². The molecule has 0 aliphatic carbocycles. The van der Waals surface area contributed by atoms with Crippen molar-refractivity contribution in [2.24, 2.45) is 0 Å². The van der Waals surface area contributed by atoms with Crippen LogP contribution in [0.15, 0.2) is 42.5 Å². The highest BCUT2D eigenvalue weighted by atomic mass is 35.5. The van der Waals surface area contributed by atoms with Crippen molar-refractivity contribution in [3.63, 3.8) is 0 Å². The average molecular weight is 543 g/mol. The topological polar surface area (TPSA) is 86.8 Å². The molecule has 0 saturated carbocycles. The minimum absolute atomic E-state index is 0.0785. The molecule has 2 aromatic carbocycles. The van der Waals surface area contributed by atoms with Gasteiger partial charge in [0.2, 0.25) is 21.8 Å². The van der Waals surface area contributed by atoms with Gasteiger partial charge in [-0.3, -0.25) is 13.9 Å². The highest BCUT2D eigenvalue weighted by Crippen LogP contribution is 2.25. The number of hydrogen-bond donors (Lipinski definition) is 1. The number of aryl methyl sites for hydroxylation is 1. The maximum Gasteiger partial charge on any atom is 0.242 e. The monoisotopic (exact) mass is 541 g/mol. The Kier molecular flexibility index (Phi) is 10.9. The number of para-hydroxylation sites is 1. The molecular weight excluding hydrogens is 509 g/mol. The quantitative estimate of drug-likeness (QED) is 0.418. The molecule has 2 amide bonds. The summed E-state index contributed by atoms with van der Waals surface area (Å²) in [6.45, 7) is 6.28. The van der Waals surface area contributed by atoms with E-state index < -0.39 is 16.1 Å². The molecule has 0 radical (unpaired) electrons. The van der Waals surface area contributed by atoms with Crippen molar-refractivity contribution in [1.82, 2.24) is 10.2 Å². The molecule has 192 valence electrons. The molecule has 10 heteroatoms. The standard InChI is InChI=1S/C25H33Cl2N3O4S/c1-5-22(25(32)28-6-2)29(17-19-13-14-20(26)21(27)16-19)24(31)12-9-15-30(35(4,33)34)23-11-8-7-10-18(23)3/h7-8,10-11,13-14,16,22H,5-6,9,12,15,17H2,1-4H3,(H,28,32)/t22-/m0/s1. The Morgan fingerprint density at radius 2 is 1.74 bits per heavy atom. The molecule has 0 bridgehead atoms. The highest BCUT2D eigenvalue weighted by molar-refractivity contribution is 7.92. The van der Waals surface area contributed by atoms with E-state index in [0.29, 0.717) is 35.1 Å². The van der Waals surface area contributed by atoms with Gasteiger partial charge >= 0.3 is 0 Å². The lowest BCUT2D eigenvalue weighted by Crippen LogP contribution is -2.49. The lowest BCUT2D eigenvalue weighted by Gasteiger charge is -2.31. The van der Waals surface area contributed by atoms with E-state index >= 15 is 0 Å². The van der Waals surface area contributed by atoms with Gasteiger partial charge in [-0.2, -0.15) is 0 Å². The van der Waals surface area contributed by atoms with Crippen LogP contribution in [0.5, 0.6) is 0 Å². The van der Waals surface area contributed by atoms with E-state index in [1.54, 1.807) is 30.3 Å². The van der Waals surface area contributed by atoms with Gasteiger partial charge in [0.05, 0.1) is 22.0 Å². The van der Waals surface area contributed by atoms with Gasteiger partial charge in [0.25, 0.3) is 0 Å². The minimum Gasteiger partial charge on any atom is -0.355 e. The number of carbonyl (C=O) groups is 2. The maximum atomic E-state index is 13.4. The zero-order valence-corrected chi connectivity index (χ0v) is 22.9. The molecule has 0 fully saturated rings. The van der Waals surface area contributed by atoms with Crippen LogP contribution >= 0.6 is 23.2 Å².